The van der Waals surface area contributed by atoms with Crippen molar-refractivity contribution in [2.45, 2.75) is 25.2 Å². The Hall–Kier alpha value is -2.87. The second-order valence-electron chi connectivity index (χ2n) is 7.44. The zero-order chi connectivity index (χ0) is 18.6. The summed E-state index contributed by atoms with van der Waals surface area (Å²) in [5.41, 5.74) is 2.59. The quantitative estimate of drug-likeness (QED) is 0.741. The standard InChI is InChI=1S/C19H19FN6O/c1-11-9-26-10-13(4-14(20)17(26)24-11)25-18(27)15-7-23-16(8-22-15)19-2-3-21-6-12(19)5-19/h4,7-10,12,21H,2-3,5-6H2,1H3,(H,25,27)/t12-,19+/m1/s1. The summed E-state index contributed by atoms with van der Waals surface area (Å²) in [5, 5.41) is 6.08. The summed E-state index contributed by atoms with van der Waals surface area (Å²) >= 11 is 0. The Bertz CT molecular complexity index is 1050. The van der Waals surface area contributed by atoms with Crippen LogP contribution in [0.4, 0.5) is 10.1 Å². The Balaban J connectivity index is 1.35. The molecule has 1 aliphatic carbocycles. The fourth-order valence-corrected chi connectivity index (χ4v) is 4.13. The third-order valence-electron chi connectivity index (χ3n) is 5.65. The Morgan fingerprint density at radius 1 is 1.37 bits per heavy atom. The van der Waals surface area contributed by atoms with Crippen LogP contribution in [0.3, 0.4) is 0 Å². The van der Waals surface area contributed by atoms with Crippen molar-refractivity contribution in [2.24, 2.45) is 5.92 Å². The molecule has 2 atom stereocenters. The molecule has 8 heteroatoms. The zero-order valence-corrected chi connectivity index (χ0v) is 14.9. The number of carbonyl (C=O) groups is 1. The summed E-state index contributed by atoms with van der Waals surface area (Å²) in [4.78, 5) is 25.4. The summed E-state index contributed by atoms with van der Waals surface area (Å²) in [7, 11) is 0. The van der Waals surface area contributed by atoms with Crippen molar-refractivity contribution in [1.29, 1.82) is 0 Å². The number of piperidine rings is 1. The molecule has 3 aromatic rings. The maximum Gasteiger partial charge on any atom is 0.275 e. The van der Waals surface area contributed by atoms with Crippen molar-refractivity contribution in [2.75, 3.05) is 18.4 Å². The van der Waals surface area contributed by atoms with Crippen molar-refractivity contribution >= 4 is 17.2 Å². The fraction of sp³-hybridized carbons (Fsp3) is 0.368. The molecule has 1 saturated heterocycles. The van der Waals surface area contributed by atoms with Gasteiger partial charge in [-0.1, -0.05) is 0 Å². The summed E-state index contributed by atoms with van der Waals surface area (Å²) in [6.07, 6.45) is 8.73. The van der Waals surface area contributed by atoms with E-state index in [9.17, 15) is 9.18 Å². The fourth-order valence-electron chi connectivity index (χ4n) is 4.13. The van der Waals surface area contributed by atoms with Gasteiger partial charge >= 0.3 is 0 Å². The van der Waals surface area contributed by atoms with Gasteiger partial charge in [-0.15, -0.1) is 0 Å². The van der Waals surface area contributed by atoms with Gasteiger partial charge in [0, 0.05) is 30.1 Å². The molecule has 0 radical (unpaired) electrons. The number of hydrogen-bond acceptors (Lipinski definition) is 5. The van der Waals surface area contributed by atoms with Gasteiger partial charge in [0.1, 0.15) is 5.69 Å². The van der Waals surface area contributed by atoms with Gasteiger partial charge in [-0.3, -0.25) is 9.78 Å². The highest BCUT2D eigenvalue weighted by molar-refractivity contribution is 6.02. The number of hydrogen-bond donors (Lipinski definition) is 2. The van der Waals surface area contributed by atoms with Crippen LogP contribution in [0.1, 0.15) is 34.7 Å². The number of nitrogens with one attached hydrogen (secondary N) is 2. The second-order valence-corrected chi connectivity index (χ2v) is 7.44. The number of amides is 1. The molecule has 1 saturated carbocycles. The number of pyridine rings is 1. The summed E-state index contributed by atoms with van der Waals surface area (Å²) in [6, 6.07) is 1.25. The number of halogens is 1. The molecule has 1 aliphatic heterocycles. The maximum atomic E-state index is 14.2. The summed E-state index contributed by atoms with van der Waals surface area (Å²) in [5.74, 6) is -0.291. The molecule has 2 aliphatic rings. The topological polar surface area (TPSA) is 84.2 Å². The normalized spacial score (nSPS) is 23.9. The van der Waals surface area contributed by atoms with E-state index >= 15 is 0 Å². The van der Waals surface area contributed by atoms with E-state index in [4.69, 9.17) is 0 Å². The van der Waals surface area contributed by atoms with E-state index in [1.54, 1.807) is 29.9 Å². The van der Waals surface area contributed by atoms with Gasteiger partial charge in [0.15, 0.2) is 11.5 Å². The minimum atomic E-state index is -0.493. The van der Waals surface area contributed by atoms with Crippen molar-refractivity contribution in [1.82, 2.24) is 24.7 Å². The molecular formula is C19H19FN6O. The van der Waals surface area contributed by atoms with Crippen molar-refractivity contribution in [3.05, 3.63) is 53.8 Å². The highest BCUT2D eigenvalue weighted by atomic mass is 19.1. The molecule has 0 bridgehead atoms. The molecule has 5 rings (SSSR count). The number of imidazole rings is 1. The van der Waals surface area contributed by atoms with Crippen LogP contribution < -0.4 is 10.6 Å². The summed E-state index contributed by atoms with van der Waals surface area (Å²) < 4.78 is 15.7. The number of anilines is 1. The SMILES string of the molecule is Cc1cn2cc(NC(=O)c3cnc([C@]45CCNC[C@H]4C5)cn3)cc(F)c2n1. The molecule has 4 heterocycles. The van der Waals surface area contributed by atoms with Crippen LogP contribution in [0, 0.1) is 18.7 Å². The highest BCUT2D eigenvalue weighted by Gasteiger charge is 2.57. The Labute approximate surface area is 155 Å². The minimum absolute atomic E-state index is 0.140. The lowest BCUT2D eigenvalue weighted by atomic mass is 9.93. The molecule has 2 fully saturated rings. The third kappa shape index (κ3) is 2.68. The molecule has 0 spiro atoms. The number of nitrogens with zero attached hydrogens (tertiary/aromatic N) is 4. The number of rotatable bonds is 3. The van der Waals surface area contributed by atoms with Gasteiger partial charge in [-0.05, 0) is 38.8 Å². The Kier molecular flexibility index (Phi) is 3.51. The van der Waals surface area contributed by atoms with E-state index in [1.807, 2.05) is 0 Å². The van der Waals surface area contributed by atoms with E-state index in [2.05, 4.69) is 25.6 Å². The second kappa shape index (κ2) is 5.82. The van der Waals surface area contributed by atoms with Gasteiger partial charge in [0.05, 0.1) is 23.3 Å². The monoisotopic (exact) mass is 366 g/mol. The van der Waals surface area contributed by atoms with E-state index in [1.165, 1.54) is 12.3 Å². The molecule has 0 aromatic carbocycles. The molecule has 27 heavy (non-hydrogen) atoms. The molecule has 1 amide bonds. The van der Waals surface area contributed by atoms with Gasteiger partial charge in [-0.25, -0.2) is 14.4 Å². The predicted octanol–water partition coefficient (Wildman–Crippen LogP) is 2.08. The van der Waals surface area contributed by atoms with Gasteiger partial charge in [0.2, 0.25) is 0 Å². The first-order valence-corrected chi connectivity index (χ1v) is 9.05. The van der Waals surface area contributed by atoms with Crippen LogP contribution >= 0.6 is 0 Å². The Morgan fingerprint density at radius 3 is 3.04 bits per heavy atom. The van der Waals surface area contributed by atoms with E-state index in [0.717, 1.165) is 31.6 Å². The summed E-state index contributed by atoms with van der Waals surface area (Å²) in [6.45, 7) is 3.79. The molecule has 0 unspecified atom stereocenters. The minimum Gasteiger partial charge on any atom is -0.319 e. The van der Waals surface area contributed by atoms with E-state index < -0.39 is 11.7 Å². The van der Waals surface area contributed by atoms with Crippen LogP contribution in [0.15, 0.2) is 30.9 Å². The number of aromatic nitrogens is 4. The molecule has 138 valence electrons. The Morgan fingerprint density at radius 2 is 2.26 bits per heavy atom. The predicted molar refractivity (Wildman–Crippen MR) is 97.1 cm³/mol. The molecular weight excluding hydrogens is 347 g/mol. The van der Waals surface area contributed by atoms with Gasteiger partial charge in [-0.2, -0.15) is 0 Å². The van der Waals surface area contributed by atoms with Crippen molar-refractivity contribution in [3.8, 4) is 0 Å². The van der Waals surface area contributed by atoms with E-state index in [0.29, 0.717) is 17.3 Å². The third-order valence-corrected chi connectivity index (χ3v) is 5.65. The van der Waals surface area contributed by atoms with Crippen LogP contribution in [0.2, 0.25) is 0 Å². The van der Waals surface area contributed by atoms with Crippen LogP contribution in [-0.4, -0.2) is 38.3 Å². The molecule has 3 aromatic heterocycles. The average molecular weight is 366 g/mol. The van der Waals surface area contributed by atoms with Gasteiger partial charge in [0.25, 0.3) is 5.91 Å². The lowest BCUT2D eigenvalue weighted by molar-refractivity contribution is 0.102. The van der Waals surface area contributed by atoms with E-state index in [-0.39, 0.29) is 16.8 Å². The smallest absolute Gasteiger partial charge is 0.275 e. The lowest BCUT2D eigenvalue weighted by Gasteiger charge is -2.21. The first kappa shape index (κ1) is 16.3. The van der Waals surface area contributed by atoms with Crippen LogP contribution in [-0.2, 0) is 5.41 Å². The average Bonchev–Trinajstić information content (AvgIpc) is 3.30. The maximum absolute atomic E-state index is 14.2. The van der Waals surface area contributed by atoms with Crippen molar-refractivity contribution < 1.29 is 9.18 Å². The van der Waals surface area contributed by atoms with Gasteiger partial charge < -0.3 is 15.0 Å². The van der Waals surface area contributed by atoms with Crippen LogP contribution in [0.5, 0.6) is 0 Å². The lowest BCUT2D eigenvalue weighted by Crippen LogP contribution is -2.32. The van der Waals surface area contributed by atoms with Crippen molar-refractivity contribution in [3.63, 3.8) is 0 Å². The highest BCUT2D eigenvalue weighted by Crippen LogP contribution is 2.56. The number of aryl methyl sites for hydroxylation is 1. The first-order chi connectivity index (χ1) is 13.0. The zero-order valence-electron chi connectivity index (χ0n) is 14.9. The largest absolute Gasteiger partial charge is 0.319 e. The van der Waals surface area contributed by atoms with Crippen LogP contribution in [0.25, 0.3) is 5.65 Å². The first-order valence-electron chi connectivity index (χ1n) is 9.05. The number of carbonyl (C=O) groups excluding carboxylic acids is 1. The molecule has 2 N–H and O–H groups in total. The molecule has 7 nitrogen and oxygen atoms in total. The number of fused-ring (bicyclic) bond motifs is 2.